The standard InChI is InChI=1S/C22H22F3N.As.ClH/c1-16(20-13-5-10-18-9-2-3-12-21(18)20)26-14-6-8-17-7-4-11-19(15-17)22(23,24)25;;/h2-5,7,9-13,15-16,26H,6,8,14H2,1H3;;1H/t16-;;/m1../s1. The Bertz CT molecular complexity index is 878. The molecular formula is C22H23AsClF3N. The van der Waals surface area contributed by atoms with Crippen LogP contribution in [0.3, 0.4) is 0 Å². The molecule has 0 aliphatic carbocycles. The van der Waals surface area contributed by atoms with Crippen LogP contribution in [0.5, 0.6) is 0 Å². The molecule has 0 saturated heterocycles. The first-order valence-electron chi connectivity index (χ1n) is 8.82. The van der Waals surface area contributed by atoms with E-state index in [0.717, 1.165) is 24.6 Å². The van der Waals surface area contributed by atoms with Crippen molar-refractivity contribution < 1.29 is 13.2 Å². The van der Waals surface area contributed by atoms with Crippen LogP contribution < -0.4 is 5.32 Å². The molecule has 0 heterocycles. The second-order valence-corrected chi connectivity index (χ2v) is 6.55. The van der Waals surface area contributed by atoms with Gasteiger partial charge >= 0.3 is 6.18 Å². The Labute approximate surface area is 181 Å². The summed E-state index contributed by atoms with van der Waals surface area (Å²) in [6.07, 6.45) is -2.87. The maximum atomic E-state index is 12.8. The number of nitrogens with one attached hydrogen (secondary N) is 1. The average Bonchev–Trinajstić information content (AvgIpc) is 2.64. The van der Waals surface area contributed by atoms with Gasteiger partial charge in [0.25, 0.3) is 0 Å². The molecule has 1 atom stereocenters. The molecule has 0 aliphatic heterocycles. The molecule has 0 bridgehead atoms. The number of halogens is 4. The van der Waals surface area contributed by atoms with Crippen LogP contribution >= 0.6 is 12.4 Å². The minimum atomic E-state index is -4.28. The van der Waals surface area contributed by atoms with E-state index in [9.17, 15) is 13.2 Å². The van der Waals surface area contributed by atoms with Gasteiger partial charge in [-0.1, -0.05) is 60.7 Å². The van der Waals surface area contributed by atoms with E-state index in [4.69, 9.17) is 0 Å². The Balaban J connectivity index is 0.00000196. The molecule has 0 saturated carbocycles. The van der Waals surface area contributed by atoms with Crippen molar-refractivity contribution in [1.29, 1.82) is 0 Å². The van der Waals surface area contributed by atoms with E-state index >= 15 is 0 Å². The summed E-state index contributed by atoms with van der Waals surface area (Å²) >= 11 is 0. The Hall–Kier alpha value is -1.48. The van der Waals surface area contributed by atoms with Crippen LogP contribution in [0.4, 0.5) is 13.2 Å². The zero-order chi connectivity index (χ0) is 18.6. The van der Waals surface area contributed by atoms with Gasteiger partial charge in [-0.25, -0.2) is 0 Å². The SMILES string of the molecule is C[C@@H](NCCCc1cccc(C(F)(F)F)c1)c1cccc2ccccc12.Cl.[As]. The molecule has 3 aromatic carbocycles. The molecule has 149 valence electrons. The van der Waals surface area contributed by atoms with Crippen molar-refractivity contribution in [3.8, 4) is 0 Å². The Morgan fingerprint density at radius 3 is 2.36 bits per heavy atom. The van der Waals surface area contributed by atoms with Crippen LogP contribution in [0.15, 0.2) is 66.7 Å². The smallest absolute Gasteiger partial charge is 0.310 e. The summed E-state index contributed by atoms with van der Waals surface area (Å²) in [6, 6.07) is 20.3. The van der Waals surface area contributed by atoms with Crippen LogP contribution in [-0.4, -0.2) is 24.5 Å². The summed E-state index contributed by atoms with van der Waals surface area (Å²) in [5, 5.41) is 5.92. The molecular weight excluding hydrogens is 446 g/mol. The number of fused-ring (bicyclic) bond motifs is 1. The van der Waals surface area contributed by atoms with Gasteiger partial charge in [0.15, 0.2) is 0 Å². The van der Waals surface area contributed by atoms with E-state index in [0.29, 0.717) is 6.42 Å². The normalized spacial score (nSPS) is 12.1. The van der Waals surface area contributed by atoms with Crippen LogP contribution in [0.1, 0.15) is 36.1 Å². The summed E-state index contributed by atoms with van der Waals surface area (Å²) in [5.41, 5.74) is 1.38. The largest absolute Gasteiger partial charge is 0.416 e. The van der Waals surface area contributed by atoms with Gasteiger partial charge in [-0.2, -0.15) is 13.2 Å². The van der Waals surface area contributed by atoms with E-state index in [-0.39, 0.29) is 36.4 Å². The van der Waals surface area contributed by atoms with Gasteiger partial charge in [-0.15, -0.1) is 12.4 Å². The summed E-state index contributed by atoms with van der Waals surface area (Å²) in [6.45, 7) is 2.87. The third kappa shape index (κ3) is 6.27. The van der Waals surface area contributed by atoms with Gasteiger partial charge in [-0.3, -0.25) is 0 Å². The van der Waals surface area contributed by atoms with Crippen molar-refractivity contribution in [2.75, 3.05) is 6.54 Å². The molecule has 28 heavy (non-hydrogen) atoms. The van der Waals surface area contributed by atoms with Gasteiger partial charge < -0.3 is 5.32 Å². The molecule has 0 unspecified atom stereocenters. The number of hydrogen-bond donors (Lipinski definition) is 1. The van der Waals surface area contributed by atoms with Gasteiger partial charge in [0.05, 0.1) is 5.56 Å². The fourth-order valence-corrected chi connectivity index (χ4v) is 3.25. The molecule has 1 nitrogen and oxygen atoms in total. The summed E-state index contributed by atoms with van der Waals surface area (Å²) in [5.74, 6) is 0. The minimum absolute atomic E-state index is 0. The first-order chi connectivity index (χ1) is 12.4. The molecule has 0 aromatic heterocycles. The van der Waals surface area contributed by atoms with E-state index in [2.05, 4.69) is 42.6 Å². The van der Waals surface area contributed by atoms with Crippen molar-refractivity contribution in [2.45, 2.75) is 32.0 Å². The predicted molar refractivity (Wildman–Crippen MR) is 113 cm³/mol. The molecule has 0 amide bonds. The zero-order valence-electron chi connectivity index (χ0n) is 15.5. The maximum absolute atomic E-state index is 12.8. The summed E-state index contributed by atoms with van der Waals surface area (Å²) < 4.78 is 38.3. The Morgan fingerprint density at radius 2 is 1.61 bits per heavy atom. The Morgan fingerprint density at radius 1 is 0.929 bits per heavy atom. The van der Waals surface area contributed by atoms with E-state index < -0.39 is 11.7 Å². The second-order valence-electron chi connectivity index (χ2n) is 6.55. The maximum Gasteiger partial charge on any atom is 0.416 e. The Kier molecular flexibility index (Phi) is 9.56. The predicted octanol–water partition coefficient (Wildman–Crippen LogP) is 6.18. The van der Waals surface area contributed by atoms with E-state index in [1.807, 2.05) is 12.1 Å². The van der Waals surface area contributed by atoms with Crippen LogP contribution in [0.2, 0.25) is 0 Å². The topological polar surface area (TPSA) is 12.0 Å². The van der Waals surface area contributed by atoms with Crippen molar-refractivity contribution in [3.05, 3.63) is 83.4 Å². The monoisotopic (exact) mass is 468 g/mol. The molecule has 0 fully saturated rings. The van der Waals surface area contributed by atoms with Crippen molar-refractivity contribution >= 4 is 41.1 Å². The molecule has 1 N–H and O–H groups in total. The number of benzene rings is 3. The number of rotatable bonds is 6. The van der Waals surface area contributed by atoms with Gasteiger partial charge in [0.2, 0.25) is 0 Å². The number of aryl methyl sites for hydroxylation is 1. The third-order valence-corrected chi connectivity index (χ3v) is 4.64. The minimum Gasteiger partial charge on any atom is -0.310 e. The fourth-order valence-electron chi connectivity index (χ4n) is 3.25. The van der Waals surface area contributed by atoms with Gasteiger partial charge in [0, 0.05) is 24.0 Å². The quantitative estimate of drug-likeness (QED) is 0.336. The number of hydrogen-bond acceptors (Lipinski definition) is 1. The average molecular weight is 469 g/mol. The van der Waals surface area contributed by atoms with E-state index in [1.54, 1.807) is 6.07 Å². The van der Waals surface area contributed by atoms with Crippen molar-refractivity contribution in [1.82, 2.24) is 5.32 Å². The van der Waals surface area contributed by atoms with Crippen LogP contribution in [0, 0.1) is 0 Å². The first-order valence-corrected chi connectivity index (χ1v) is 8.82. The van der Waals surface area contributed by atoms with E-state index in [1.165, 1.54) is 28.5 Å². The van der Waals surface area contributed by atoms with Crippen LogP contribution in [0.25, 0.3) is 10.8 Å². The number of alkyl halides is 3. The molecule has 0 aliphatic rings. The summed E-state index contributed by atoms with van der Waals surface area (Å²) in [4.78, 5) is 0. The zero-order valence-corrected chi connectivity index (χ0v) is 18.2. The second kappa shape index (κ2) is 10.9. The molecule has 3 rings (SSSR count). The fraction of sp³-hybridized carbons (Fsp3) is 0.273. The molecule has 3 aromatic rings. The van der Waals surface area contributed by atoms with Gasteiger partial charge in [0.1, 0.15) is 0 Å². The van der Waals surface area contributed by atoms with Crippen molar-refractivity contribution in [2.24, 2.45) is 0 Å². The first kappa shape index (κ1) is 24.6. The van der Waals surface area contributed by atoms with Crippen LogP contribution in [-0.2, 0) is 12.6 Å². The van der Waals surface area contributed by atoms with Crippen molar-refractivity contribution in [3.63, 3.8) is 0 Å². The molecule has 3 radical (unpaired) electrons. The summed E-state index contributed by atoms with van der Waals surface area (Å²) in [7, 11) is 0. The molecule has 6 heteroatoms. The third-order valence-electron chi connectivity index (χ3n) is 4.64. The van der Waals surface area contributed by atoms with Gasteiger partial charge in [-0.05, 0) is 54.3 Å². The molecule has 0 spiro atoms.